The topological polar surface area (TPSA) is 75.0 Å². The second kappa shape index (κ2) is 6.09. The van der Waals surface area contributed by atoms with Crippen molar-refractivity contribution in [1.29, 1.82) is 0 Å². The Morgan fingerprint density at radius 3 is 2.89 bits per heavy atom. The van der Waals surface area contributed by atoms with Gasteiger partial charge in [0.2, 0.25) is 0 Å². The molecule has 8 atom stereocenters. The van der Waals surface area contributed by atoms with Gasteiger partial charge in [-0.15, -0.1) is 0 Å². The van der Waals surface area contributed by atoms with Crippen LogP contribution in [0.3, 0.4) is 0 Å². The molecule has 4 aliphatic rings. The Balaban J connectivity index is 1.61. The van der Waals surface area contributed by atoms with Crippen molar-refractivity contribution >= 4 is 11.9 Å². The van der Waals surface area contributed by atoms with Gasteiger partial charge in [0, 0.05) is 29.2 Å². The summed E-state index contributed by atoms with van der Waals surface area (Å²) in [5.41, 5.74) is 0.517. The first-order chi connectivity index (χ1) is 13.4. The lowest BCUT2D eigenvalue weighted by Gasteiger charge is -2.64. The summed E-state index contributed by atoms with van der Waals surface area (Å²) in [4.78, 5) is 24.4. The molecule has 2 saturated heterocycles. The fraction of sp³-hybridized carbons (Fsp3) is 0.727. The van der Waals surface area contributed by atoms with Crippen LogP contribution in [0.25, 0.3) is 0 Å². The summed E-state index contributed by atoms with van der Waals surface area (Å²) in [6.07, 6.45) is 6.46. The normalized spacial score (nSPS) is 46.6. The molecule has 6 heteroatoms. The third-order valence-electron chi connectivity index (χ3n) is 8.30. The van der Waals surface area contributed by atoms with E-state index in [1.54, 1.807) is 12.5 Å². The largest absolute Gasteiger partial charge is 0.472 e. The first-order valence-corrected chi connectivity index (χ1v) is 10.4. The molecule has 0 radical (unpaired) electrons. The Kier molecular flexibility index (Phi) is 3.96. The lowest BCUT2D eigenvalue weighted by atomic mass is 9.42. The van der Waals surface area contributed by atoms with E-state index in [-0.39, 0.29) is 58.8 Å². The smallest absolute Gasteiger partial charge is 0.309 e. The van der Waals surface area contributed by atoms with Gasteiger partial charge < -0.3 is 18.6 Å². The van der Waals surface area contributed by atoms with Crippen LogP contribution in [0.1, 0.15) is 58.1 Å². The first-order valence-electron chi connectivity index (χ1n) is 10.4. The fourth-order valence-electron chi connectivity index (χ4n) is 6.99. The van der Waals surface area contributed by atoms with Gasteiger partial charge in [0.25, 0.3) is 0 Å². The van der Waals surface area contributed by atoms with Crippen molar-refractivity contribution in [2.45, 2.75) is 64.8 Å². The molecule has 0 unspecified atom stereocenters. The Morgan fingerprint density at radius 1 is 1.36 bits per heavy atom. The second-order valence-corrected chi connectivity index (χ2v) is 9.47. The molecule has 0 bridgehead atoms. The third-order valence-corrected chi connectivity index (χ3v) is 8.30. The highest BCUT2D eigenvalue weighted by Gasteiger charge is 2.72. The van der Waals surface area contributed by atoms with Gasteiger partial charge in [0.1, 0.15) is 6.10 Å². The molecule has 2 saturated carbocycles. The van der Waals surface area contributed by atoms with Crippen molar-refractivity contribution in [2.75, 3.05) is 6.61 Å². The van der Waals surface area contributed by atoms with Crippen molar-refractivity contribution in [1.82, 2.24) is 0 Å². The maximum atomic E-state index is 12.6. The minimum absolute atomic E-state index is 0.0187. The molecule has 152 valence electrons. The minimum atomic E-state index is -0.270. The zero-order chi connectivity index (χ0) is 19.7. The number of carbonyl (C=O) groups is 2. The Bertz CT molecular complexity index is 787. The van der Waals surface area contributed by atoms with E-state index in [9.17, 15) is 9.59 Å². The molecule has 5 rings (SSSR count). The maximum absolute atomic E-state index is 12.6. The molecule has 6 nitrogen and oxygen atoms in total. The number of esters is 2. The summed E-state index contributed by atoms with van der Waals surface area (Å²) in [5, 5.41) is 0. The second-order valence-electron chi connectivity index (χ2n) is 9.47. The molecule has 0 aromatic carbocycles. The summed E-state index contributed by atoms with van der Waals surface area (Å²) in [7, 11) is 0. The highest BCUT2D eigenvalue weighted by molar-refractivity contribution is 5.77. The molecule has 1 aromatic heterocycles. The molecular formula is C22H28O6. The van der Waals surface area contributed by atoms with E-state index in [0.29, 0.717) is 6.61 Å². The van der Waals surface area contributed by atoms with Gasteiger partial charge in [-0.05, 0) is 37.7 Å². The number of hydrogen-bond acceptors (Lipinski definition) is 6. The summed E-state index contributed by atoms with van der Waals surface area (Å²) in [6.45, 7) is 6.25. The van der Waals surface area contributed by atoms with Crippen LogP contribution in [0.15, 0.2) is 23.0 Å². The maximum Gasteiger partial charge on any atom is 0.309 e. The predicted octanol–water partition coefficient (Wildman–Crippen LogP) is 3.66. The Hall–Kier alpha value is -1.82. The fourth-order valence-corrected chi connectivity index (χ4v) is 6.99. The van der Waals surface area contributed by atoms with Crippen molar-refractivity contribution in [3.05, 3.63) is 24.2 Å². The standard InChI is InChI=1S/C22H28O6/c1-12-8-18-21(3)15(20(24)28-18)4-5-16-19(21)22(12,11-26-13(2)23)9-17(27-16)14-6-7-25-10-14/h6-7,10,12,15-19H,4-5,8-9,11H2,1-3H3/t12-,15+,16+,17-,18-,19+,21+,22-/m1/s1. The van der Waals surface area contributed by atoms with E-state index >= 15 is 0 Å². The van der Waals surface area contributed by atoms with E-state index < -0.39 is 0 Å². The monoisotopic (exact) mass is 388 g/mol. The molecule has 2 aliphatic heterocycles. The summed E-state index contributed by atoms with van der Waals surface area (Å²) >= 11 is 0. The van der Waals surface area contributed by atoms with Gasteiger partial charge in [-0.2, -0.15) is 0 Å². The first kappa shape index (κ1) is 18.2. The van der Waals surface area contributed by atoms with Gasteiger partial charge in [-0.3, -0.25) is 9.59 Å². The van der Waals surface area contributed by atoms with Crippen LogP contribution in [0.2, 0.25) is 0 Å². The van der Waals surface area contributed by atoms with Crippen LogP contribution in [-0.2, 0) is 23.8 Å². The van der Waals surface area contributed by atoms with Crippen molar-refractivity contribution < 1.29 is 28.2 Å². The van der Waals surface area contributed by atoms with Crippen LogP contribution in [0.5, 0.6) is 0 Å². The van der Waals surface area contributed by atoms with Gasteiger partial charge in [0.15, 0.2) is 0 Å². The lowest BCUT2D eigenvalue weighted by Crippen LogP contribution is -2.66. The number of hydrogen-bond donors (Lipinski definition) is 0. The van der Waals surface area contributed by atoms with E-state index in [4.69, 9.17) is 18.6 Å². The zero-order valence-electron chi connectivity index (χ0n) is 16.7. The zero-order valence-corrected chi connectivity index (χ0v) is 16.7. The molecule has 2 aliphatic carbocycles. The number of rotatable bonds is 3. The van der Waals surface area contributed by atoms with Crippen molar-refractivity contribution in [2.24, 2.45) is 28.6 Å². The Labute approximate surface area is 164 Å². The van der Waals surface area contributed by atoms with Crippen LogP contribution >= 0.6 is 0 Å². The highest BCUT2D eigenvalue weighted by atomic mass is 16.6. The molecule has 4 fully saturated rings. The Morgan fingerprint density at radius 2 is 2.18 bits per heavy atom. The van der Waals surface area contributed by atoms with Gasteiger partial charge in [0.05, 0.1) is 37.3 Å². The van der Waals surface area contributed by atoms with E-state index in [0.717, 1.165) is 31.2 Å². The number of carbonyl (C=O) groups excluding carboxylic acids is 2. The molecule has 28 heavy (non-hydrogen) atoms. The van der Waals surface area contributed by atoms with Crippen LogP contribution in [-0.4, -0.2) is 30.8 Å². The van der Waals surface area contributed by atoms with Gasteiger partial charge in [-0.1, -0.05) is 13.8 Å². The lowest BCUT2D eigenvalue weighted by molar-refractivity contribution is -0.267. The van der Waals surface area contributed by atoms with Gasteiger partial charge in [-0.25, -0.2) is 0 Å². The number of furan rings is 1. The molecule has 1 aromatic rings. The van der Waals surface area contributed by atoms with Crippen LogP contribution < -0.4 is 0 Å². The third kappa shape index (κ3) is 2.30. The molecule has 3 heterocycles. The SMILES string of the molecule is CC(=O)OC[C@]12C[C@H](c3ccoc3)O[C@H]3CC[C@H]4C(=O)O[C@H](C[C@H]1C)[C@@]4(C)[C@H]32. The van der Waals surface area contributed by atoms with Gasteiger partial charge >= 0.3 is 11.9 Å². The highest BCUT2D eigenvalue weighted by Crippen LogP contribution is 2.69. The average molecular weight is 388 g/mol. The van der Waals surface area contributed by atoms with E-state index in [1.807, 2.05) is 6.07 Å². The molecule has 0 N–H and O–H groups in total. The molecular weight excluding hydrogens is 360 g/mol. The summed E-state index contributed by atoms with van der Waals surface area (Å²) in [5.74, 6) is -0.0277. The summed E-state index contributed by atoms with van der Waals surface area (Å²) < 4.78 is 23.5. The summed E-state index contributed by atoms with van der Waals surface area (Å²) in [6, 6.07) is 1.95. The van der Waals surface area contributed by atoms with Crippen LogP contribution in [0, 0.1) is 28.6 Å². The van der Waals surface area contributed by atoms with Crippen molar-refractivity contribution in [3.63, 3.8) is 0 Å². The predicted molar refractivity (Wildman–Crippen MR) is 98.0 cm³/mol. The number of ether oxygens (including phenoxy) is 3. The van der Waals surface area contributed by atoms with Crippen LogP contribution in [0.4, 0.5) is 0 Å². The van der Waals surface area contributed by atoms with Crippen molar-refractivity contribution in [3.8, 4) is 0 Å². The molecule has 0 spiro atoms. The van der Waals surface area contributed by atoms with E-state index in [2.05, 4.69) is 13.8 Å². The minimum Gasteiger partial charge on any atom is -0.472 e. The van der Waals surface area contributed by atoms with E-state index in [1.165, 1.54) is 6.92 Å². The average Bonchev–Trinajstić information content (AvgIpc) is 3.26. The quantitative estimate of drug-likeness (QED) is 0.736. The molecule has 0 amide bonds.